The Balaban J connectivity index is 2.24. The molecule has 0 heterocycles. The Kier molecular flexibility index (Phi) is 5.49. The van der Waals surface area contributed by atoms with Gasteiger partial charge in [0.2, 0.25) is 0 Å². The molecule has 1 atom stereocenters. The van der Waals surface area contributed by atoms with E-state index in [4.69, 9.17) is 11.6 Å². The molecule has 3 heteroatoms. The average molecular weight is 403 g/mol. The summed E-state index contributed by atoms with van der Waals surface area (Å²) in [7, 11) is 0. The van der Waals surface area contributed by atoms with E-state index in [2.05, 4.69) is 69.1 Å². The van der Waals surface area contributed by atoms with Gasteiger partial charge in [-0.25, -0.2) is 0 Å². The Morgan fingerprint density at radius 1 is 1.16 bits per heavy atom. The third kappa shape index (κ3) is 4.08. The fourth-order valence-corrected chi connectivity index (χ4v) is 3.49. The van der Waals surface area contributed by atoms with E-state index in [-0.39, 0.29) is 0 Å². The molecule has 0 spiro atoms. The molecule has 0 nitrogen and oxygen atoms in total. The summed E-state index contributed by atoms with van der Waals surface area (Å²) in [6, 6.07) is 14.8. The first-order chi connectivity index (χ1) is 9.10. The predicted octanol–water partition coefficient (Wildman–Crippen LogP) is 6.13. The summed E-state index contributed by atoms with van der Waals surface area (Å²) in [5.41, 5.74) is 3.84. The van der Waals surface area contributed by atoms with Crippen molar-refractivity contribution in [2.45, 2.75) is 19.3 Å². The Morgan fingerprint density at radius 3 is 2.58 bits per heavy atom. The molecule has 0 radical (unpaired) electrons. The highest BCUT2D eigenvalue weighted by atomic mass is 79.9. The van der Waals surface area contributed by atoms with Crippen molar-refractivity contribution in [3.05, 3.63) is 68.7 Å². The molecule has 0 saturated heterocycles. The lowest BCUT2D eigenvalue weighted by atomic mass is 9.93. The lowest BCUT2D eigenvalue weighted by Gasteiger charge is -2.16. The molecule has 0 aliphatic rings. The van der Waals surface area contributed by atoms with Crippen LogP contribution in [0, 0.1) is 6.92 Å². The second-order valence-electron chi connectivity index (χ2n) is 4.71. The lowest BCUT2D eigenvalue weighted by molar-refractivity contribution is 0.774. The fourth-order valence-electron chi connectivity index (χ4n) is 2.14. The molecule has 0 amide bonds. The van der Waals surface area contributed by atoms with Gasteiger partial charge < -0.3 is 0 Å². The van der Waals surface area contributed by atoms with Crippen LogP contribution in [0.3, 0.4) is 0 Å². The molecular weight excluding hydrogens is 387 g/mol. The van der Waals surface area contributed by atoms with Crippen molar-refractivity contribution in [1.29, 1.82) is 0 Å². The van der Waals surface area contributed by atoms with Gasteiger partial charge in [0.1, 0.15) is 0 Å². The van der Waals surface area contributed by atoms with Crippen LogP contribution in [0.5, 0.6) is 0 Å². The summed E-state index contributed by atoms with van der Waals surface area (Å²) in [4.78, 5) is 0. The molecule has 0 fully saturated rings. The van der Waals surface area contributed by atoms with Crippen LogP contribution in [-0.4, -0.2) is 5.33 Å². The average Bonchev–Trinajstić information content (AvgIpc) is 2.38. The van der Waals surface area contributed by atoms with Gasteiger partial charge in [-0.1, -0.05) is 79.4 Å². The molecule has 100 valence electrons. The zero-order valence-corrected chi connectivity index (χ0v) is 14.6. The Bertz CT molecular complexity index is 566. The Labute approximate surface area is 136 Å². The van der Waals surface area contributed by atoms with Crippen LogP contribution >= 0.6 is 43.5 Å². The van der Waals surface area contributed by atoms with Gasteiger partial charge in [0.05, 0.1) is 0 Å². The van der Waals surface area contributed by atoms with Gasteiger partial charge in [-0.15, -0.1) is 0 Å². The van der Waals surface area contributed by atoms with E-state index in [0.29, 0.717) is 5.92 Å². The third-order valence-corrected chi connectivity index (χ3v) is 4.81. The number of alkyl halides is 1. The molecule has 0 N–H and O–H groups in total. The van der Waals surface area contributed by atoms with Gasteiger partial charge in [0.15, 0.2) is 0 Å². The zero-order valence-electron chi connectivity index (χ0n) is 10.7. The largest absolute Gasteiger partial charge is 0.0921 e. The van der Waals surface area contributed by atoms with Crippen molar-refractivity contribution in [3.8, 4) is 0 Å². The van der Waals surface area contributed by atoms with Crippen LogP contribution in [0.25, 0.3) is 0 Å². The first-order valence-electron chi connectivity index (χ1n) is 6.16. The second kappa shape index (κ2) is 6.92. The van der Waals surface area contributed by atoms with E-state index in [1.165, 1.54) is 16.7 Å². The first kappa shape index (κ1) is 15.1. The molecule has 0 aliphatic heterocycles. The monoisotopic (exact) mass is 400 g/mol. The van der Waals surface area contributed by atoms with E-state index in [9.17, 15) is 0 Å². The summed E-state index contributed by atoms with van der Waals surface area (Å²) in [5, 5.41) is 1.76. The van der Waals surface area contributed by atoms with Gasteiger partial charge in [0.25, 0.3) is 0 Å². The van der Waals surface area contributed by atoms with Crippen molar-refractivity contribution >= 4 is 43.5 Å². The minimum Gasteiger partial charge on any atom is -0.0921 e. The molecule has 0 aliphatic carbocycles. The minimum absolute atomic E-state index is 0.443. The molecule has 0 bridgehead atoms. The van der Waals surface area contributed by atoms with Gasteiger partial charge >= 0.3 is 0 Å². The molecule has 0 saturated carbocycles. The Hall–Kier alpha value is -0.310. The number of rotatable bonds is 4. The van der Waals surface area contributed by atoms with Gasteiger partial charge in [-0.05, 0) is 42.5 Å². The molecule has 0 aromatic heterocycles. The van der Waals surface area contributed by atoms with Crippen LogP contribution in [0.4, 0.5) is 0 Å². The van der Waals surface area contributed by atoms with Gasteiger partial charge in [-0.2, -0.15) is 0 Å². The number of benzene rings is 2. The van der Waals surface area contributed by atoms with Crippen LogP contribution in [0.1, 0.15) is 22.6 Å². The predicted molar refractivity (Wildman–Crippen MR) is 90.6 cm³/mol. The molecule has 19 heavy (non-hydrogen) atoms. The van der Waals surface area contributed by atoms with Crippen LogP contribution in [0.15, 0.2) is 46.9 Å². The zero-order chi connectivity index (χ0) is 13.8. The quantitative estimate of drug-likeness (QED) is 0.540. The molecule has 2 rings (SSSR count). The molecule has 2 aromatic rings. The second-order valence-corrected chi connectivity index (χ2v) is 6.68. The normalized spacial score (nSPS) is 12.4. The number of hydrogen-bond acceptors (Lipinski definition) is 0. The molecule has 1 unspecified atom stereocenters. The van der Waals surface area contributed by atoms with Crippen molar-refractivity contribution in [3.63, 3.8) is 0 Å². The first-order valence-corrected chi connectivity index (χ1v) is 8.46. The third-order valence-electron chi connectivity index (χ3n) is 3.18. The smallest absolute Gasteiger partial charge is 0.0449 e. The van der Waals surface area contributed by atoms with Crippen LogP contribution in [0.2, 0.25) is 5.02 Å². The Morgan fingerprint density at radius 2 is 1.95 bits per heavy atom. The van der Waals surface area contributed by atoms with Crippen molar-refractivity contribution in [1.82, 2.24) is 0 Å². The maximum absolute atomic E-state index is 6.30. The summed E-state index contributed by atoms with van der Waals surface area (Å²) in [6.07, 6.45) is 0.945. The topological polar surface area (TPSA) is 0 Å². The van der Waals surface area contributed by atoms with Crippen molar-refractivity contribution in [2.75, 3.05) is 5.33 Å². The number of halogens is 3. The van der Waals surface area contributed by atoms with E-state index >= 15 is 0 Å². The highest BCUT2D eigenvalue weighted by Crippen LogP contribution is 2.29. The summed E-state index contributed by atoms with van der Waals surface area (Å²) >= 11 is 13.4. The van der Waals surface area contributed by atoms with E-state index in [1.807, 2.05) is 12.1 Å². The fraction of sp³-hybridized carbons (Fsp3) is 0.250. The van der Waals surface area contributed by atoms with Gasteiger partial charge in [0, 0.05) is 14.8 Å². The highest BCUT2D eigenvalue weighted by molar-refractivity contribution is 9.10. The maximum Gasteiger partial charge on any atom is 0.0449 e. The van der Waals surface area contributed by atoms with Gasteiger partial charge in [-0.3, -0.25) is 0 Å². The summed E-state index contributed by atoms with van der Waals surface area (Å²) in [6.45, 7) is 2.13. The van der Waals surface area contributed by atoms with E-state index in [1.54, 1.807) is 0 Å². The molecular formula is C16H15Br2Cl. The highest BCUT2D eigenvalue weighted by Gasteiger charge is 2.13. The standard InChI is InChI=1S/C16H15Br2Cl/c1-11-3-2-4-12(7-11)14(10-17)8-13-5-6-15(18)9-16(13)19/h2-7,9,14H,8,10H2,1H3. The van der Waals surface area contributed by atoms with E-state index in [0.717, 1.165) is 21.2 Å². The van der Waals surface area contributed by atoms with E-state index < -0.39 is 0 Å². The van der Waals surface area contributed by atoms with Crippen LogP contribution in [-0.2, 0) is 6.42 Å². The SMILES string of the molecule is Cc1cccc(C(CBr)Cc2ccc(Br)cc2Cl)c1. The summed E-state index contributed by atoms with van der Waals surface area (Å²) in [5.74, 6) is 0.443. The summed E-state index contributed by atoms with van der Waals surface area (Å²) < 4.78 is 1.02. The van der Waals surface area contributed by atoms with Crippen molar-refractivity contribution < 1.29 is 0 Å². The molecule has 2 aromatic carbocycles. The maximum atomic E-state index is 6.30. The van der Waals surface area contributed by atoms with Crippen molar-refractivity contribution in [2.24, 2.45) is 0 Å². The minimum atomic E-state index is 0.443. The van der Waals surface area contributed by atoms with Crippen LogP contribution < -0.4 is 0 Å². The lowest BCUT2D eigenvalue weighted by Crippen LogP contribution is -2.05. The number of hydrogen-bond donors (Lipinski definition) is 0. The number of aryl methyl sites for hydroxylation is 1.